The summed E-state index contributed by atoms with van der Waals surface area (Å²) in [6.45, 7) is 8.29. The van der Waals surface area contributed by atoms with Crippen LogP contribution in [0.5, 0.6) is 0 Å². The van der Waals surface area contributed by atoms with E-state index in [-0.39, 0.29) is 23.7 Å². The summed E-state index contributed by atoms with van der Waals surface area (Å²) in [7, 11) is 0. The molecule has 3 aliphatic carbocycles. The summed E-state index contributed by atoms with van der Waals surface area (Å²) in [6, 6.07) is 0. The second-order valence-corrected chi connectivity index (χ2v) is 9.82. The molecular formula is C21H32O5. The summed E-state index contributed by atoms with van der Waals surface area (Å²) in [5, 5.41) is 33.8. The molecule has 0 amide bonds. The Morgan fingerprint density at radius 1 is 1.19 bits per heavy atom. The molecule has 0 spiro atoms. The molecule has 1 aliphatic heterocycles. The predicted molar refractivity (Wildman–Crippen MR) is 96.4 cm³/mol. The zero-order valence-electron chi connectivity index (χ0n) is 16.3. The Balaban J connectivity index is 1.90. The number of fused-ring (bicyclic) bond motifs is 5. The first-order valence-corrected chi connectivity index (χ1v) is 9.98. The molecule has 0 aromatic heterocycles. The molecule has 7 atom stereocenters. The third-order valence-corrected chi connectivity index (χ3v) is 8.52. The fraction of sp³-hybridized carbons (Fsp3) is 0.857. The van der Waals surface area contributed by atoms with Crippen LogP contribution in [0.4, 0.5) is 0 Å². The lowest BCUT2D eigenvalue weighted by molar-refractivity contribution is -0.184. The van der Waals surface area contributed by atoms with Gasteiger partial charge < -0.3 is 20.1 Å². The van der Waals surface area contributed by atoms with Crippen molar-refractivity contribution in [1.82, 2.24) is 0 Å². The number of aliphatic hydroxyl groups is 3. The molecule has 1 saturated heterocycles. The van der Waals surface area contributed by atoms with Gasteiger partial charge in [0.05, 0.1) is 23.2 Å². The van der Waals surface area contributed by atoms with Gasteiger partial charge in [-0.1, -0.05) is 19.4 Å². The van der Waals surface area contributed by atoms with Gasteiger partial charge in [-0.15, -0.1) is 0 Å². The van der Waals surface area contributed by atoms with E-state index >= 15 is 0 Å². The van der Waals surface area contributed by atoms with Crippen molar-refractivity contribution in [1.29, 1.82) is 0 Å². The highest BCUT2D eigenvalue weighted by Gasteiger charge is 2.64. The Hall–Kier alpha value is -0.750. The van der Waals surface area contributed by atoms with E-state index in [1.807, 2.05) is 20.8 Å². The number of ether oxygens (including phenoxy) is 1. The van der Waals surface area contributed by atoms with Gasteiger partial charge in [-0.3, -0.25) is 4.79 Å². The molecule has 4 rings (SSSR count). The lowest BCUT2D eigenvalue weighted by atomic mass is 9.48. The molecule has 2 bridgehead atoms. The molecule has 0 aromatic carbocycles. The van der Waals surface area contributed by atoms with Crippen molar-refractivity contribution >= 4 is 5.78 Å². The largest absolute Gasteiger partial charge is 0.392 e. The lowest BCUT2D eigenvalue weighted by Gasteiger charge is -2.59. The van der Waals surface area contributed by atoms with Crippen LogP contribution in [-0.4, -0.2) is 51.6 Å². The maximum Gasteiger partial charge on any atom is 0.174 e. The first-order chi connectivity index (χ1) is 12.0. The monoisotopic (exact) mass is 364 g/mol. The topological polar surface area (TPSA) is 87.0 Å². The van der Waals surface area contributed by atoms with Gasteiger partial charge in [0.1, 0.15) is 6.10 Å². The van der Waals surface area contributed by atoms with Crippen molar-refractivity contribution in [2.45, 2.75) is 83.7 Å². The molecule has 3 fully saturated rings. The van der Waals surface area contributed by atoms with Crippen LogP contribution in [0.1, 0.15) is 59.8 Å². The number of aliphatic hydroxyl groups excluding tert-OH is 2. The number of rotatable bonds is 0. The SMILES string of the molecule is CC1=C2[C@@H](O)C(=O)[C@@]3(C)C(C[C@](O)(CC1)C2(C)C)C1CCO[C@@H]1C[C@@H]3O. The fourth-order valence-electron chi connectivity index (χ4n) is 6.58. The van der Waals surface area contributed by atoms with Crippen molar-refractivity contribution in [2.75, 3.05) is 6.61 Å². The summed E-state index contributed by atoms with van der Waals surface area (Å²) in [5.74, 6) is -0.329. The third-order valence-electron chi connectivity index (χ3n) is 8.52. The molecule has 26 heavy (non-hydrogen) atoms. The molecule has 4 aliphatic rings. The summed E-state index contributed by atoms with van der Waals surface area (Å²) >= 11 is 0. The molecule has 2 saturated carbocycles. The summed E-state index contributed by atoms with van der Waals surface area (Å²) in [6.07, 6.45) is 0.869. The smallest absolute Gasteiger partial charge is 0.174 e. The molecule has 3 N–H and O–H groups in total. The Labute approximate surface area is 155 Å². The number of hydrogen-bond acceptors (Lipinski definition) is 5. The molecule has 0 aromatic rings. The fourth-order valence-corrected chi connectivity index (χ4v) is 6.58. The zero-order valence-corrected chi connectivity index (χ0v) is 16.3. The van der Waals surface area contributed by atoms with Crippen LogP contribution >= 0.6 is 0 Å². The maximum atomic E-state index is 13.5. The Morgan fingerprint density at radius 2 is 1.88 bits per heavy atom. The van der Waals surface area contributed by atoms with E-state index < -0.39 is 28.6 Å². The number of carbonyl (C=O) groups is 1. The van der Waals surface area contributed by atoms with E-state index in [4.69, 9.17) is 4.74 Å². The van der Waals surface area contributed by atoms with Gasteiger partial charge in [0.25, 0.3) is 0 Å². The van der Waals surface area contributed by atoms with Crippen LogP contribution in [0.15, 0.2) is 11.1 Å². The van der Waals surface area contributed by atoms with Gasteiger partial charge in [-0.05, 0) is 56.9 Å². The van der Waals surface area contributed by atoms with Gasteiger partial charge in [0.2, 0.25) is 0 Å². The van der Waals surface area contributed by atoms with Crippen molar-refractivity contribution in [3.05, 3.63) is 11.1 Å². The second-order valence-electron chi connectivity index (χ2n) is 9.82. The van der Waals surface area contributed by atoms with Crippen LogP contribution in [-0.2, 0) is 9.53 Å². The van der Waals surface area contributed by atoms with Gasteiger partial charge in [0, 0.05) is 18.4 Å². The highest BCUT2D eigenvalue weighted by Crippen LogP contribution is 2.60. The molecule has 2 unspecified atom stereocenters. The number of Topliss-reactive ketones (excluding diaryl/α,β-unsaturated/α-hetero) is 1. The minimum absolute atomic E-state index is 0.0560. The standard InChI is InChI=1S/C21H32O5/c1-11-5-7-21(25)10-13-12-6-8-26-14(12)9-15(22)20(13,4)18(24)17(23)16(11)19(21,2)3/h12-15,17,22-23,25H,5-10H2,1-4H3/t12?,13?,14-,15+,17-,20+,21-/m1/s1. The Morgan fingerprint density at radius 3 is 2.58 bits per heavy atom. The molecule has 146 valence electrons. The van der Waals surface area contributed by atoms with Gasteiger partial charge in [-0.25, -0.2) is 0 Å². The average Bonchev–Trinajstić information content (AvgIpc) is 3.02. The molecule has 5 nitrogen and oxygen atoms in total. The van der Waals surface area contributed by atoms with Crippen LogP contribution in [0.2, 0.25) is 0 Å². The lowest BCUT2D eigenvalue weighted by Crippen LogP contribution is -2.65. The van der Waals surface area contributed by atoms with Gasteiger partial charge in [-0.2, -0.15) is 0 Å². The van der Waals surface area contributed by atoms with Crippen LogP contribution in [0, 0.1) is 22.7 Å². The average molecular weight is 364 g/mol. The van der Waals surface area contributed by atoms with Crippen molar-refractivity contribution in [3.8, 4) is 0 Å². The van der Waals surface area contributed by atoms with E-state index in [9.17, 15) is 20.1 Å². The number of carbonyl (C=O) groups excluding carboxylic acids is 1. The first-order valence-electron chi connectivity index (χ1n) is 9.98. The van der Waals surface area contributed by atoms with Gasteiger partial charge >= 0.3 is 0 Å². The Kier molecular flexibility index (Phi) is 4.03. The van der Waals surface area contributed by atoms with E-state index in [0.717, 1.165) is 12.0 Å². The minimum Gasteiger partial charge on any atom is -0.392 e. The molecule has 1 heterocycles. The normalized spacial score (nSPS) is 50.7. The Bertz CT molecular complexity index is 667. The summed E-state index contributed by atoms with van der Waals surface area (Å²) in [4.78, 5) is 13.5. The number of allylic oxidation sites excluding steroid dienone is 1. The van der Waals surface area contributed by atoms with E-state index in [1.165, 1.54) is 0 Å². The summed E-state index contributed by atoms with van der Waals surface area (Å²) < 4.78 is 5.84. The third kappa shape index (κ3) is 2.15. The van der Waals surface area contributed by atoms with Crippen molar-refractivity contribution < 1.29 is 24.9 Å². The van der Waals surface area contributed by atoms with E-state index in [1.54, 1.807) is 6.92 Å². The second kappa shape index (κ2) is 5.63. The zero-order chi connectivity index (χ0) is 19.1. The van der Waals surface area contributed by atoms with Gasteiger partial charge in [0.15, 0.2) is 5.78 Å². The van der Waals surface area contributed by atoms with Crippen molar-refractivity contribution in [3.63, 3.8) is 0 Å². The molecule has 0 radical (unpaired) electrons. The predicted octanol–water partition coefficient (Wildman–Crippen LogP) is 1.98. The van der Waals surface area contributed by atoms with Crippen LogP contribution < -0.4 is 0 Å². The molecule has 5 heteroatoms. The number of hydrogen-bond donors (Lipinski definition) is 3. The molecular weight excluding hydrogens is 332 g/mol. The quantitative estimate of drug-likeness (QED) is 0.572. The van der Waals surface area contributed by atoms with Crippen LogP contribution in [0.3, 0.4) is 0 Å². The van der Waals surface area contributed by atoms with E-state index in [2.05, 4.69) is 0 Å². The van der Waals surface area contributed by atoms with Crippen LogP contribution in [0.25, 0.3) is 0 Å². The first kappa shape index (κ1) is 18.6. The minimum atomic E-state index is -1.27. The maximum absolute atomic E-state index is 13.5. The number of ketones is 1. The highest BCUT2D eigenvalue weighted by atomic mass is 16.5. The highest BCUT2D eigenvalue weighted by molar-refractivity contribution is 5.92. The van der Waals surface area contributed by atoms with Crippen molar-refractivity contribution in [2.24, 2.45) is 22.7 Å². The summed E-state index contributed by atoms with van der Waals surface area (Å²) in [5.41, 5.74) is -1.08. The van der Waals surface area contributed by atoms with E-state index in [0.29, 0.717) is 37.9 Å².